The summed E-state index contributed by atoms with van der Waals surface area (Å²) in [5, 5.41) is 10.3. The van der Waals surface area contributed by atoms with Gasteiger partial charge in [0.2, 0.25) is 0 Å². The Morgan fingerprint density at radius 2 is 2.03 bits per heavy atom. The van der Waals surface area contributed by atoms with Crippen molar-refractivity contribution in [1.82, 2.24) is 9.55 Å². The Morgan fingerprint density at radius 1 is 1.26 bits per heavy atom. The van der Waals surface area contributed by atoms with Gasteiger partial charge in [0.25, 0.3) is 5.56 Å². The summed E-state index contributed by atoms with van der Waals surface area (Å²) >= 11 is 3.65. The topological polar surface area (TPSA) is 84.7 Å². The summed E-state index contributed by atoms with van der Waals surface area (Å²) < 4.78 is 6.90. The van der Waals surface area contributed by atoms with Gasteiger partial charge in [0.05, 0.1) is 29.4 Å². The molecule has 1 heterocycles. The number of carbonyl (C=O) groups is 1. The molecule has 1 unspecified atom stereocenters. The molecule has 0 saturated heterocycles. The third kappa shape index (κ3) is 4.90. The van der Waals surface area contributed by atoms with Crippen LogP contribution in [-0.4, -0.2) is 27.9 Å². The summed E-state index contributed by atoms with van der Waals surface area (Å²) in [6.45, 7) is 4.65. The van der Waals surface area contributed by atoms with Crippen LogP contribution in [0.1, 0.15) is 42.9 Å². The number of hydrogen-bond donors (Lipinski definition) is 1. The van der Waals surface area contributed by atoms with E-state index >= 15 is 0 Å². The molecule has 0 spiro atoms. The maximum atomic E-state index is 13.0. The number of alkyl halides is 1. The van der Waals surface area contributed by atoms with Crippen molar-refractivity contribution in [3.63, 3.8) is 0 Å². The minimum absolute atomic E-state index is 0.0504. The molecule has 8 heteroatoms. The van der Waals surface area contributed by atoms with Crippen molar-refractivity contribution in [3.05, 3.63) is 64.2 Å². The molecule has 1 N–H and O–H groups in total. The Hall–Kier alpha value is -2.87. The third-order valence-electron chi connectivity index (χ3n) is 5.12. The van der Waals surface area contributed by atoms with E-state index in [1.54, 1.807) is 35.9 Å². The molecule has 0 radical (unpaired) electrons. The second-order valence-corrected chi connectivity index (χ2v) is 8.30. The van der Waals surface area contributed by atoms with Gasteiger partial charge in [0.15, 0.2) is 0 Å². The fourth-order valence-corrected chi connectivity index (χ4v) is 4.35. The van der Waals surface area contributed by atoms with Gasteiger partial charge >= 0.3 is 6.09 Å². The van der Waals surface area contributed by atoms with Crippen molar-refractivity contribution in [2.45, 2.75) is 44.6 Å². The maximum Gasteiger partial charge on any atom is 0.412 e. The summed E-state index contributed by atoms with van der Waals surface area (Å²) in [7, 11) is 1.57. The van der Waals surface area contributed by atoms with E-state index in [9.17, 15) is 14.7 Å². The first-order valence-electron chi connectivity index (χ1n) is 10.2. The van der Waals surface area contributed by atoms with Crippen LogP contribution in [-0.2, 0) is 13.1 Å². The molecule has 0 aliphatic rings. The summed E-state index contributed by atoms with van der Waals surface area (Å²) in [5.41, 5.74) is 1.61. The highest BCUT2D eigenvalue weighted by atomic mass is 79.9. The van der Waals surface area contributed by atoms with Gasteiger partial charge in [0, 0.05) is 12.2 Å². The highest BCUT2D eigenvalue weighted by Gasteiger charge is 2.20. The number of amides is 1. The van der Waals surface area contributed by atoms with Crippen LogP contribution in [0.4, 0.5) is 10.5 Å². The number of methoxy groups -OCH3 is 1. The van der Waals surface area contributed by atoms with Crippen molar-refractivity contribution in [1.29, 1.82) is 0 Å². The van der Waals surface area contributed by atoms with Gasteiger partial charge in [0.1, 0.15) is 11.6 Å². The number of benzene rings is 2. The van der Waals surface area contributed by atoms with E-state index in [-0.39, 0.29) is 16.9 Å². The molecule has 0 aliphatic heterocycles. The molecule has 1 atom stereocenters. The fraction of sp³-hybridized carbons (Fsp3) is 0.348. The summed E-state index contributed by atoms with van der Waals surface area (Å²) in [5.74, 6) is 1.32. The third-order valence-corrected chi connectivity index (χ3v) is 5.99. The Labute approximate surface area is 189 Å². The number of halogens is 1. The van der Waals surface area contributed by atoms with Crippen molar-refractivity contribution in [2.24, 2.45) is 0 Å². The quantitative estimate of drug-likeness (QED) is 0.433. The lowest BCUT2D eigenvalue weighted by molar-refractivity contribution is 0.201. The van der Waals surface area contributed by atoms with Crippen LogP contribution in [0.3, 0.4) is 0 Å². The van der Waals surface area contributed by atoms with Crippen LogP contribution in [0.2, 0.25) is 0 Å². The van der Waals surface area contributed by atoms with E-state index in [2.05, 4.69) is 22.9 Å². The molecule has 1 amide bonds. The van der Waals surface area contributed by atoms with Gasteiger partial charge in [-0.1, -0.05) is 41.4 Å². The molecule has 0 bridgehead atoms. The zero-order valence-electron chi connectivity index (χ0n) is 17.8. The van der Waals surface area contributed by atoms with E-state index in [0.29, 0.717) is 34.7 Å². The highest BCUT2D eigenvalue weighted by Crippen LogP contribution is 2.28. The van der Waals surface area contributed by atoms with Gasteiger partial charge in [-0.3, -0.25) is 14.3 Å². The van der Waals surface area contributed by atoms with Crippen LogP contribution in [0.15, 0.2) is 47.3 Å². The van der Waals surface area contributed by atoms with Crippen molar-refractivity contribution in [2.75, 3.05) is 12.0 Å². The maximum absolute atomic E-state index is 13.0. The predicted octanol–water partition coefficient (Wildman–Crippen LogP) is 5.35. The SMILES string of the molecule is CCCC(Br)c1nc2cc(N(Cc3cccc(OC)c3)C(=O)O)ccc2c(=O)n1CC. The van der Waals surface area contributed by atoms with Gasteiger partial charge in [-0.05, 0) is 49.2 Å². The highest BCUT2D eigenvalue weighted by molar-refractivity contribution is 9.09. The minimum Gasteiger partial charge on any atom is -0.497 e. The van der Waals surface area contributed by atoms with E-state index in [1.807, 2.05) is 25.1 Å². The number of nitrogens with zero attached hydrogens (tertiary/aromatic N) is 3. The molecule has 2 aromatic carbocycles. The fourth-order valence-electron chi connectivity index (χ4n) is 3.54. The average Bonchev–Trinajstić information content (AvgIpc) is 2.77. The smallest absolute Gasteiger partial charge is 0.412 e. The van der Waals surface area contributed by atoms with E-state index in [1.165, 1.54) is 4.90 Å². The first-order chi connectivity index (χ1) is 14.9. The normalized spacial score (nSPS) is 12.0. The van der Waals surface area contributed by atoms with E-state index in [0.717, 1.165) is 18.4 Å². The molecule has 1 aromatic heterocycles. The number of ether oxygens (including phenoxy) is 1. The van der Waals surface area contributed by atoms with Gasteiger partial charge < -0.3 is 9.84 Å². The van der Waals surface area contributed by atoms with Gasteiger partial charge in [-0.15, -0.1) is 0 Å². The molecule has 7 nitrogen and oxygen atoms in total. The predicted molar refractivity (Wildman–Crippen MR) is 125 cm³/mol. The lowest BCUT2D eigenvalue weighted by Crippen LogP contribution is -2.29. The number of aromatic nitrogens is 2. The molecule has 3 rings (SSSR count). The molecular formula is C23H26BrN3O4. The molecule has 3 aromatic rings. The molecule has 0 saturated carbocycles. The van der Waals surface area contributed by atoms with Crippen molar-refractivity contribution >= 4 is 38.6 Å². The standard InChI is InChI=1S/C23H26BrN3O4/c1-4-7-19(24)21-25-20-13-16(10-11-18(20)22(28)26(21)5-2)27(23(29)30)14-15-8-6-9-17(12-15)31-3/h6,8-13,19H,4-5,7,14H2,1-3H3,(H,29,30). The molecule has 0 aliphatic carbocycles. The van der Waals surface area contributed by atoms with Crippen LogP contribution in [0.25, 0.3) is 10.9 Å². The molecule has 164 valence electrons. The van der Waals surface area contributed by atoms with E-state index in [4.69, 9.17) is 9.72 Å². The Kier molecular flexibility index (Phi) is 7.33. The summed E-state index contributed by atoms with van der Waals surface area (Å²) in [4.78, 5) is 31.0. The largest absolute Gasteiger partial charge is 0.497 e. The number of anilines is 1. The van der Waals surface area contributed by atoms with Crippen LogP contribution in [0, 0.1) is 0 Å². The Morgan fingerprint density at radius 3 is 2.68 bits per heavy atom. The zero-order valence-corrected chi connectivity index (χ0v) is 19.4. The second kappa shape index (κ2) is 9.96. The molecule has 31 heavy (non-hydrogen) atoms. The zero-order chi connectivity index (χ0) is 22.5. The van der Waals surface area contributed by atoms with Crippen LogP contribution >= 0.6 is 15.9 Å². The second-order valence-electron chi connectivity index (χ2n) is 7.20. The number of carboxylic acid groups (broad SMARTS) is 1. The molecular weight excluding hydrogens is 462 g/mol. The minimum atomic E-state index is -1.09. The number of hydrogen-bond acceptors (Lipinski definition) is 4. The summed E-state index contributed by atoms with van der Waals surface area (Å²) in [6, 6.07) is 12.2. The monoisotopic (exact) mass is 487 g/mol. The Balaban J connectivity index is 2.07. The molecule has 0 fully saturated rings. The first-order valence-corrected chi connectivity index (χ1v) is 11.1. The van der Waals surface area contributed by atoms with Crippen molar-refractivity contribution in [3.8, 4) is 5.75 Å². The van der Waals surface area contributed by atoms with E-state index < -0.39 is 6.09 Å². The van der Waals surface area contributed by atoms with Crippen LogP contribution < -0.4 is 15.2 Å². The number of rotatable bonds is 8. The lowest BCUT2D eigenvalue weighted by atomic mass is 10.1. The van der Waals surface area contributed by atoms with Crippen molar-refractivity contribution < 1.29 is 14.6 Å². The lowest BCUT2D eigenvalue weighted by Gasteiger charge is -2.21. The summed E-state index contributed by atoms with van der Waals surface area (Å²) in [6.07, 6.45) is 0.698. The average molecular weight is 488 g/mol. The first kappa shape index (κ1) is 22.8. The Bertz CT molecular complexity index is 1150. The van der Waals surface area contributed by atoms with Gasteiger partial charge in [-0.2, -0.15) is 0 Å². The number of fused-ring (bicyclic) bond motifs is 1. The van der Waals surface area contributed by atoms with Crippen LogP contribution in [0.5, 0.6) is 5.75 Å². The van der Waals surface area contributed by atoms with Gasteiger partial charge in [-0.25, -0.2) is 9.78 Å².